The fourth-order valence-corrected chi connectivity index (χ4v) is 1.56. The Morgan fingerprint density at radius 1 is 1.42 bits per heavy atom. The van der Waals surface area contributed by atoms with E-state index in [2.05, 4.69) is 17.2 Å². The molecule has 3 nitrogen and oxygen atoms in total. The Morgan fingerprint density at radius 3 is 2.68 bits per heavy atom. The summed E-state index contributed by atoms with van der Waals surface area (Å²) in [5.41, 5.74) is 1.99. The molecule has 102 valence electrons. The van der Waals surface area contributed by atoms with Crippen molar-refractivity contribution in [3.8, 4) is 11.8 Å². The Hall–Kier alpha value is -1.79. The van der Waals surface area contributed by atoms with E-state index in [9.17, 15) is 4.79 Å². The molecule has 0 aliphatic carbocycles. The number of aliphatic hydroxyl groups excluding tert-OH is 1. The summed E-state index contributed by atoms with van der Waals surface area (Å²) in [6.07, 6.45) is 0.849. The van der Waals surface area contributed by atoms with Crippen LogP contribution in [0.4, 0.5) is 0 Å². The lowest BCUT2D eigenvalue weighted by atomic mass is 9.99. The van der Waals surface area contributed by atoms with Gasteiger partial charge in [0.2, 0.25) is 0 Å². The van der Waals surface area contributed by atoms with Crippen LogP contribution in [0.1, 0.15) is 48.7 Å². The summed E-state index contributed by atoms with van der Waals surface area (Å²) in [7, 11) is 0. The standard InChI is InChI=1S/C16H21NO2/c1-5-16(3,4)17-15(19)14-9-8-12(2)11-13(14)7-6-10-18/h8-9,11,18H,5,10H2,1-4H3,(H,17,19). The molecule has 0 aliphatic rings. The van der Waals surface area contributed by atoms with E-state index in [1.54, 1.807) is 6.07 Å². The molecule has 2 N–H and O–H groups in total. The predicted octanol–water partition coefficient (Wildman–Crippen LogP) is 2.26. The topological polar surface area (TPSA) is 49.3 Å². The van der Waals surface area contributed by atoms with Gasteiger partial charge in [0, 0.05) is 11.1 Å². The van der Waals surface area contributed by atoms with Gasteiger partial charge in [-0.2, -0.15) is 0 Å². The highest BCUT2D eigenvalue weighted by atomic mass is 16.2. The molecule has 0 bridgehead atoms. The van der Waals surface area contributed by atoms with Crippen molar-refractivity contribution in [2.24, 2.45) is 0 Å². The van der Waals surface area contributed by atoms with Gasteiger partial charge < -0.3 is 10.4 Å². The van der Waals surface area contributed by atoms with E-state index in [1.165, 1.54) is 0 Å². The molecule has 0 unspecified atom stereocenters. The zero-order valence-corrected chi connectivity index (χ0v) is 12.0. The summed E-state index contributed by atoms with van der Waals surface area (Å²) in [4.78, 5) is 12.3. The van der Waals surface area contributed by atoms with Crippen LogP contribution in [0.5, 0.6) is 0 Å². The van der Waals surface area contributed by atoms with Gasteiger partial charge in [0.05, 0.1) is 5.56 Å². The number of hydrogen-bond acceptors (Lipinski definition) is 2. The van der Waals surface area contributed by atoms with Gasteiger partial charge in [-0.25, -0.2) is 0 Å². The molecule has 0 heterocycles. The Balaban J connectivity index is 3.09. The number of nitrogens with one attached hydrogen (secondary N) is 1. The molecule has 3 heteroatoms. The molecule has 0 saturated heterocycles. The number of benzene rings is 1. The van der Waals surface area contributed by atoms with E-state index in [-0.39, 0.29) is 18.1 Å². The van der Waals surface area contributed by atoms with Gasteiger partial charge in [-0.3, -0.25) is 4.79 Å². The molecule has 1 amide bonds. The summed E-state index contributed by atoms with van der Waals surface area (Å²) in [6, 6.07) is 5.52. The van der Waals surface area contributed by atoms with Crippen LogP contribution in [-0.4, -0.2) is 23.2 Å². The van der Waals surface area contributed by atoms with Crippen LogP contribution in [0.3, 0.4) is 0 Å². The minimum absolute atomic E-state index is 0.130. The fourth-order valence-electron chi connectivity index (χ4n) is 1.56. The maximum Gasteiger partial charge on any atom is 0.252 e. The lowest BCUT2D eigenvalue weighted by molar-refractivity contribution is 0.0911. The van der Waals surface area contributed by atoms with E-state index in [0.717, 1.165) is 12.0 Å². The number of aryl methyl sites for hydroxylation is 1. The van der Waals surface area contributed by atoms with E-state index in [0.29, 0.717) is 11.1 Å². The monoisotopic (exact) mass is 259 g/mol. The largest absolute Gasteiger partial charge is 0.384 e. The average molecular weight is 259 g/mol. The van der Waals surface area contributed by atoms with Crippen LogP contribution >= 0.6 is 0 Å². The molecule has 19 heavy (non-hydrogen) atoms. The highest BCUT2D eigenvalue weighted by Crippen LogP contribution is 2.14. The Kier molecular flexibility index (Phi) is 5.14. The molecule has 0 saturated carbocycles. The maximum absolute atomic E-state index is 12.3. The van der Waals surface area contributed by atoms with Crippen LogP contribution in [0.2, 0.25) is 0 Å². The number of aliphatic hydroxyl groups is 1. The Morgan fingerprint density at radius 2 is 2.11 bits per heavy atom. The highest BCUT2D eigenvalue weighted by Gasteiger charge is 2.20. The Bertz CT molecular complexity index is 521. The number of carbonyl (C=O) groups excluding carboxylic acids is 1. The van der Waals surface area contributed by atoms with E-state index in [4.69, 9.17) is 5.11 Å². The fraction of sp³-hybridized carbons (Fsp3) is 0.438. The average Bonchev–Trinajstić information content (AvgIpc) is 2.35. The lowest BCUT2D eigenvalue weighted by Gasteiger charge is -2.24. The zero-order valence-electron chi connectivity index (χ0n) is 12.0. The molecule has 0 spiro atoms. The van der Waals surface area contributed by atoms with Crippen molar-refractivity contribution in [1.82, 2.24) is 5.32 Å². The van der Waals surface area contributed by atoms with Crippen molar-refractivity contribution < 1.29 is 9.90 Å². The molecular weight excluding hydrogens is 238 g/mol. The van der Waals surface area contributed by atoms with Crippen molar-refractivity contribution in [3.05, 3.63) is 34.9 Å². The number of amides is 1. The molecule has 1 aromatic rings. The smallest absolute Gasteiger partial charge is 0.252 e. The number of hydrogen-bond donors (Lipinski definition) is 2. The quantitative estimate of drug-likeness (QED) is 0.818. The molecule has 0 aliphatic heterocycles. The van der Waals surface area contributed by atoms with Gasteiger partial charge in [-0.1, -0.05) is 24.8 Å². The van der Waals surface area contributed by atoms with Crippen molar-refractivity contribution in [2.45, 2.75) is 39.7 Å². The van der Waals surface area contributed by atoms with Crippen molar-refractivity contribution >= 4 is 5.91 Å². The van der Waals surface area contributed by atoms with Gasteiger partial charge in [-0.15, -0.1) is 0 Å². The second kappa shape index (κ2) is 6.40. The normalized spacial score (nSPS) is 10.6. The zero-order chi connectivity index (χ0) is 14.5. The SMILES string of the molecule is CCC(C)(C)NC(=O)c1ccc(C)cc1C#CCO. The summed E-state index contributed by atoms with van der Waals surface area (Å²) >= 11 is 0. The van der Waals surface area contributed by atoms with Gasteiger partial charge in [0.15, 0.2) is 0 Å². The second-order valence-electron chi connectivity index (χ2n) is 5.20. The number of carbonyl (C=O) groups is 1. The lowest BCUT2D eigenvalue weighted by Crippen LogP contribution is -2.43. The second-order valence-corrected chi connectivity index (χ2v) is 5.20. The first-order valence-electron chi connectivity index (χ1n) is 6.42. The van der Waals surface area contributed by atoms with Crippen LogP contribution in [0.15, 0.2) is 18.2 Å². The van der Waals surface area contributed by atoms with Gasteiger partial charge in [0.25, 0.3) is 5.91 Å². The molecule has 0 atom stereocenters. The van der Waals surface area contributed by atoms with Crippen LogP contribution < -0.4 is 5.32 Å². The summed E-state index contributed by atoms with van der Waals surface area (Å²) in [5.74, 6) is 5.29. The maximum atomic E-state index is 12.3. The molecule has 0 fully saturated rings. The summed E-state index contributed by atoms with van der Waals surface area (Å²) < 4.78 is 0. The van der Waals surface area contributed by atoms with Gasteiger partial charge >= 0.3 is 0 Å². The minimum atomic E-state index is -0.246. The molecular formula is C16H21NO2. The van der Waals surface area contributed by atoms with Crippen molar-refractivity contribution in [1.29, 1.82) is 0 Å². The predicted molar refractivity (Wildman–Crippen MR) is 77.0 cm³/mol. The van der Waals surface area contributed by atoms with E-state index >= 15 is 0 Å². The van der Waals surface area contributed by atoms with Crippen LogP contribution in [0.25, 0.3) is 0 Å². The Labute approximate surface area is 115 Å². The van der Waals surface area contributed by atoms with Crippen molar-refractivity contribution in [2.75, 3.05) is 6.61 Å². The third kappa shape index (κ3) is 4.42. The molecule has 0 radical (unpaired) electrons. The first kappa shape index (κ1) is 15.3. The first-order valence-corrected chi connectivity index (χ1v) is 6.42. The number of rotatable bonds is 3. The third-order valence-corrected chi connectivity index (χ3v) is 3.06. The molecule has 0 aromatic heterocycles. The molecule has 1 rings (SSSR count). The van der Waals surface area contributed by atoms with E-state index in [1.807, 2.05) is 39.8 Å². The third-order valence-electron chi connectivity index (χ3n) is 3.06. The van der Waals surface area contributed by atoms with Gasteiger partial charge in [-0.05, 0) is 44.9 Å². The first-order chi connectivity index (χ1) is 8.89. The summed E-state index contributed by atoms with van der Waals surface area (Å²) in [6.45, 7) is 7.73. The van der Waals surface area contributed by atoms with Gasteiger partial charge in [0.1, 0.15) is 6.61 Å². The summed E-state index contributed by atoms with van der Waals surface area (Å²) in [5, 5.41) is 11.8. The van der Waals surface area contributed by atoms with Crippen LogP contribution in [0, 0.1) is 18.8 Å². The molecule has 1 aromatic carbocycles. The highest BCUT2D eigenvalue weighted by molar-refractivity contribution is 5.97. The van der Waals surface area contributed by atoms with E-state index < -0.39 is 0 Å². The minimum Gasteiger partial charge on any atom is -0.384 e. The van der Waals surface area contributed by atoms with Crippen LogP contribution in [-0.2, 0) is 0 Å². The van der Waals surface area contributed by atoms with Crippen molar-refractivity contribution in [3.63, 3.8) is 0 Å².